The molecule has 0 aliphatic heterocycles. The van der Waals surface area contributed by atoms with E-state index in [1.54, 1.807) is 12.1 Å². The van der Waals surface area contributed by atoms with Crippen LogP contribution in [0.4, 0.5) is 0 Å². The highest BCUT2D eigenvalue weighted by Crippen LogP contribution is 2.24. The Labute approximate surface area is 141 Å². The summed E-state index contributed by atoms with van der Waals surface area (Å²) in [5.41, 5.74) is 2.68. The van der Waals surface area contributed by atoms with Gasteiger partial charge in [0.1, 0.15) is 6.61 Å². The van der Waals surface area contributed by atoms with Crippen molar-refractivity contribution >= 4 is 29.2 Å². The number of rotatable bonds is 3. The van der Waals surface area contributed by atoms with Crippen LogP contribution in [0.25, 0.3) is 0 Å². The first-order valence-corrected chi connectivity index (χ1v) is 7.74. The minimum absolute atomic E-state index is 0.106. The Kier molecular flexibility index (Phi) is 5.15. The SMILES string of the molecule is CC(C)(C)c1ccc(COC(=O)c2ccc(Cl)c(Cl)c2)cc1. The van der Waals surface area contributed by atoms with Crippen LogP contribution >= 0.6 is 23.2 Å². The summed E-state index contributed by atoms with van der Waals surface area (Å²) in [7, 11) is 0. The van der Waals surface area contributed by atoms with Crippen LogP contribution in [0.2, 0.25) is 10.0 Å². The molecule has 0 fully saturated rings. The van der Waals surface area contributed by atoms with E-state index in [4.69, 9.17) is 27.9 Å². The summed E-state index contributed by atoms with van der Waals surface area (Å²) < 4.78 is 5.29. The molecule has 0 N–H and O–H groups in total. The number of carbonyl (C=O) groups excluding carboxylic acids is 1. The van der Waals surface area contributed by atoms with Crippen LogP contribution in [-0.4, -0.2) is 5.97 Å². The molecule has 2 nitrogen and oxygen atoms in total. The predicted octanol–water partition coefficient (Wildman–Crippen LogP) is 5.65. The molecule has 0 radical (unpaired) electrons. The zero-order valence-corrected chi connectivity index (χ0v) is 14.3. The molecule has 0 heterocycles. The van der Waals surface area contributed by atoms with Gasteiger partial charge in [-0.2, -0.15) is 0 Å². The first kappa shape index (κ1) is 16.9. The Bertz CT molecular complexity index is 670. The quantitative estimate of drug-likeness (QED) is 0.677. The zero-order valence-electron chi connectivity index (χ0n) is 12.8. The van der Waals surface area contributed by atoms with Crippen LogP contribution < -0.4 is 0 Å². The van der Waals surface area contributed by atoms with Crippen LogP contribution in [0.15, 0.2) is 42.5 Å². The van der Waals surface area contributed by atoms with E-state index in [9.17, 15) is 4.79 Å². The van der Waals surface area contributed by atoms with Crippen LogP contribution in [-0.2, 0) is 16.8 Å². The van der Waals surface area contributed by atoms with E-state index in [2.05, 4.69) is 32.9 Å². The highest BCUT2D eigenvalue weighted by molar-refractivity contribution is 6.42. The number of esters is 1. The molecule has 4 heteroatoms. The van der Waals surface area contributed by atoms with E-state index in [1.165, 1.54) is 11.6 Å². The highest BCUT2D eigenvalue weighted by Gasteiger charge is 2.13. The van der Waals surface area contributed by atoms with Crippen molar-refractivity contribution in [3.8, 4) is 0 Å². The van der Waals surface area contributed by atoms with Crippen LogP contribution in [0.5, 0.6) is 0 Å². The lowest BCUT2D eigenvalue weighted by Crippen LogP contribution is -2.11. The molecule has 0 spiro atoms. The Morgan fingerprint density at radius 2 is 1.64 bits per heavy atom. The smallest absolute Gasteiger partial charge is 0.338 e. The largest absolute Gasteiger partial charge is 0.457 e. The number of halogens is 2. The van der Waals surface area contributed by atoms with Gasteiger partial charge >= 0.3 is 5.97 Å². The minimum atomic E-state index is -0.418. The van der Waals surface area contributed by atoms with Crippen LogP contribution in [0, 0.1) is 0 Å². The van der Waals surface area contributed by atoms with Gasteiger partial charge in [-0.1, -0.05) is 68.2 Å². The average Bonchev–Trinajstić information content (AvgIpc) is 2.47. The van der Waals surface area contributed by atoms with E-state index in [1.807, 2.05) is 12.1 Å². The van der Waals surface area contributed by atoms with Gasteiger partial charge in [0.15, 0.2) is 0 Å². The summed E-state index contributed by atoms with van der Waals surface area (Å²) in [4.78, 5) is 12.0. The molecule has 22 heavy (non-hydrogen) atoms. The van der Waals surface area contributed by atoms with Gasteiger partial charge in [-0.05, 0) is 34.7 Å². The average molecular weight is 337 g/mol. The van der Waals surface area contributed by atoms with Crippen molar-refractivity contribution in [2.75, 3.05) is 0 Å². The molecule has 0 amide bonds. The molecule has 2 aromatic rings. The predicted molar refractivity (Wildman–Crippen MR) is 90.7 cm³/mol. The van der Waals surface area contributed by atoms with Crippen molar-refractivity contribution in [2.45, 2.75) is 32.8 Å². The Hall–Kier alpha value is -1.51. The van der Waals surface area contributed by atoms with Crippen LogP contribution in [0.1, 0.15) is 42.3 Å². The maximum atomic E-state index is 12.0. The monoisotopic (exact) mass is 336 g/mol. The molecule has 0 saturated carbocycles. The van der Waals surface area contributed by atoms with Gasteiger partial charge in [0.25, 0.3) is 0 Å². The fraction of sp³-hybridized carbons (Fsp3) is 0.278. The number of hydrogen-bond donors (Lipinski definition) is 0. The van der Waals surface area contributed by atoms with Gasteiger partial charge in [-0.15, -0.1) is 0 Å². The van der Waals surface area contributed by atoms with Crippen molar-refractivity contribution in [2.24, 2.45) is 0 Å². The molecular weight excluding hydrogens is 319 g/mol. The maximum Gasteiger partial charge on any atom is 0.338 e. The van der Waals surface area contributed by atoms with E-state index < -0.39 is 5.97 Å². The van der Waals surface area contributed by atoms with Crippen molar-refractivity contribution < 1.29 is 9.53 Å². The molecule has 116 valence electrons. The molecular formula is C18H18Cl2O2. The molecule has 0 bridgehead atoms. The molecule has 0 aromatic heterocycles. The Morgan fingerprint density at radius 1 is 1.00 bits per heavy atom. The zero-order chi connectivity index (χ0) is 16.3. The number of hydrogen-bond acceptors (Lipinski definition) is 2. The topological polar surface area (TPSA) is 26.3 Å². The number of carbonyl (C=O) groups is 1. The lowest BCUT2D eigenvalue weighted by molar-refractivity contribution is 0.0472. The van der Waals surface area contributed by atoms with Gasteiger partial charge in [0.05, 0.1) is 15.6 Å². The number of ether oxygens (including phenoxy) is 1. The van der Waals surface area contributed by atoms with E-state index >= 15 is 0 Å². The molecule has 0 unspecified atom stereocenters. The standard InChI is InChI=1S/C18H18Cl2O2/c1-18(2,3)14-7-4-12(5-8-14)11-22-17(21)13-6-9-15(19)16(20)10-13/h4-10H,11H2,1-3H3. The van der Waals surface area contributed by atoms with E-state index in [0.717, 1.165) is 5.56 Å². The summed E-state index contributed by atoms with van der Waals surface area (Å²) in [6.07, 6.45) is 0. The summed E-state index contributed by atoms with van der Waals surface area (Å²) >= 11 is 11.7. The molecule has 0 aliphatic carbocycles. The van der Waals surface area contributed by atoms with Gasteiger partial charge in [0.2, 0.25) is 0 Å². The number of benzene rings is 2. The molecule has 0 atom stereocenters. The second-order valence-electron chi connectivity index (χ2n) is 6.15. The summed E-state index contributed by atoms with van der Waals surface area (Å²) in [5.74, 6) is -0.418. The van der Waals surface area contributed by atoms with Gasteiger partial charge in [-0.25, -0.2) is 4.79 Å². The second kappa shape index (κ2) is 6.72. The first-order chi connectivity index (χ1) is 10.3. The minimum Gasteiger partial charge on any atom is -0.457 e. The molecule has 0 saturated heterocycles. The molecule has 0 aliphatic rings. The van der Waals surface area contributed by atoms with E-state index in [-0.39, 0.29) is 12.0 Å². The fourth-order valence-electron chi connectivity index (χ4n) is 1.96. The summed E-state index contributed by atoms with van der Waals surface area (Å²) in [6.45, 7) is 6.70. The van der Waals surface area contributed by atoms with Crippen molar-refractivity contribution in [1.29, 1.82) is 0 Å². The molecule has 2 rings (SSSR count). The van der Waals surface area contributed by atoms with Crippen LogP contribution in [0.3, 0.4) is 0 Å². The normalized spacial score (nSPS) is 11.3. The summed E-state index contributed by atoms with van der Waals surface area (Å²) in [6, 6.07) is 12.8. The maximum absolute atomic E-state index is 12.0. The van der Waals surface area contributed by atoms with Gasteiger partial charge in [-0.3, -0.25) is 0 Å². The van der Waals surface area contributed by atoms with Crippen molar-refractivity contribution in [3.05, 3.63) is 69.2 Å². The lowest BCUT2D eigenvalue weighted by Gasteiger charge is -2.19. The Balaban J connectivity index is 2.00. The first-order valence-electron chi connectivity index (χ1n) is 6.99. The molecule has 2 aromatic carbocycles. The van der Waals surface area contributed by atoms with Crippen molar-refractivity contribution in [1.82, 2.24) is 0 Å². The lowest BCUT2D eigenvalue weighted by atomic mass is 9.87. The van der Waals surface area contributed by atoms with Crippen molar-refractivity contribution in [3.63, 3.8) is 0 Å². The fourth-order valence-corrected chi connectivity index (χ4v) is 2.25. The third kappa shape index (κ3) is 4.25. The Morgan fingerprint density at radius 3 is 2.18 bits per heavy atom. The summed E-state index contributed by atoms with van der Waals surface area (Å²) in [5, 5.41) is 0.752. The van der Waals surface area contributed by atoms with E-state index in [0.29, 0.717) is 15.6 Å². The third-order valence-corrected chi connectivity index (χ3v) is 4.08. The third-order valence-electron chi connectivity index (χ3n) is 3.35. The van der Waals surface area contributed by atoms with Gasteiger partial charge < -0.3 is 4.74 Å². The second-order valence-corrected chi connectivity index (χ2v) is 6.97. The highest BCUT2D eigenvalue weighted by atomic mass is 35.5. The van der Waals surface area contributed by atoms with Gasteiger partial charge in [0, 0.05) is 0 Å².